The van der Waals surface area contributed by atoms with Crippen LogP contribution in [0.25, 0.3) is 0 Å². The van der Waals surface area contributed by atoms with Gasteiger partial charge in [-0.2, -0.15) is 10.1 Å². The molecule has 2 heterocycles. The molecular formula is C23H21BrN4O3. The van der Waals surface area contributed by atoms with E-state index >= 15 is 0 Å². The quantitative estimate of drug-likeness (QED) is 0.572. The molecule has 8 heteroatoms. The van der Waals surface area contributed by atoms with Crippen molar-refractivity contribution in [1.82, 2.24) is 14.8 Å². The van der Waals surface area contributed by atoms with Crippen molar-refractivity contribution < 1.29 is 14.3 Å². The summed E-state index contributed by atoms with van der Waals surface area (Å²) in [6.45, 7) is 0.428. The van der Waals surface area contributed by atoms with Crippen LogP contribution in [-0.4, -0.2) is 27.7 Å². The summed E-state index contributed by atoms with van der Waals surface area (Å²) in [4.78, 5) is 17.1. The van der Waals surface area contributed by atoms with Gasteiger partial charge in [-0.3, -0.25) is 4.79 Å². The van der Waals surface area contributed by atoms with E-state index in [1.807, 2.05) is 42.5 Å². The molecule has 0 amide bonds. The molecule has 1 atom stereocenters. The van der Waals surface area contributed by atoms with Gasteiger partial charge in [-0.25, -0.2) is 4.68 Å². The Bertz CT molecular complexity index is 1170. The maximum atomic E-state index is 12.8. The number of rotatable bonds is 5. The van der Waals surface area contributed by atoms with Gasteiger partial charge < -0.3 is 14.8 Å². The lowest BCUT2D eigenvalue weighted by Gasteiger charge is -2.32. The van der Waals surface area contributed by atoms with Crippen LogP contribution < -0.4 is 14.8 Å². The topological polar surface area (TPSA) is 78.3 Å². The van der Waals surface area contributed by atoms with Gasteiger partial charge in [-0.15, -0.1) is 0 Å². The van der Waals surface area contributed by atoms with Crippen LogP contribution in [0.15, 0.2) is 64.5 Å². The van der Waals surface area contributed by atoms with E-state index in [-0.39, 0.29) is 11.8 Å². The molecule has 7 nitrogen and oxygen atoms in total. The van der Waals surface area contributed by atoms with E-state index in [4.69, 9.17) is 9.47 Å². The molecule has 158 valence electrons. The second-order valence-electron chi connectivity index (χ2n) is 7.55. The third kappa shape index (κ3) is 3.72. The number of carbonyl (C=O) groups excluding carboxylic acids is 1. The monoisotopic (exact) mass is 480 g/mol. The lowest BCUT2D eigenvalue weighted by molar-refractivity contribution is -0.116. The highest BCUT2D eigenvalue weighted by atomic mass is 79.9. The second kappa shape index (κ2) is 8.19. The van der Waals surface area contributed by atoms with Gasteiger partial charge in [0.15, 0.2) is 17.3 Å². The Morgan fingerprint density at radius 3 is 2.81 bits per heavy atom. The van der Waals surface area contributed by atoms with Gasteiger partial charge in [0.1, 0.15) is 19.0 Å². The number of anilines is 1. The van der Waals surface area contributed by atoms with E-state index in [1.165, 1.54) is 6.33 Å². The molecule has 0 fully saturated rings. The van der Waals surface area contributed by atoms with Crippen LogP contribution >= 0.6 is 15.9 Å². The number of halogens is 1. The summed E-state index contributed by atoms with van der Waals surface area (Å²) < 4.78 is 14.4. The molecule has 1 unspecified atom stereocenters. The van der Waals surface area contributed by atoms with E-state index in [9.17, 15) is 4.79 Å². The average Bonchev–Trinajstić information content (AvgIpc) is 3.25. The van der Waals surface area contributed by atoms with Crippen LogP contribution in [0.5, 0.6) is 11.5 Å². The number of benzene rings is 2. The Morgan fingerprint density at radius 1 is 1.16 bits per heavy atom. The Labute approximate surface area is 188 Å². The third-order valence-corrected chi connectivity index (χ3v) is 6.15. The molecule has 5 rings (SSSR count). The number of aromatic nitrogens is 3. The van der Waals surface area contributed by atoms with E-state index in [2.05, 4.69) is 31.3 Å². The largest absolute Gasteiger partial charge is 0.493 e. The van der Waals surface area contributed by atoms with Gasteiger partial charge in [0.25, 0.3) is 0 Å². The molecular weight excluding hydrogens is 460 g/mol. The molecule has 3 aromatic rings. The van der Waals surface area contributed by atoms with Crippen LogP contribution in [0.1, 0.15) is 36.4 Å². The van der Waals surface area contributed by atoms with E-state index in [1.54, 1.807) is 11.8 Å². The Balaban J connectivity index is 1.48. The lowest BCUT2D eigenvalue weighted by atomic mass is 9.85. The molecule has 2 aromatic carbocycles. The van der Waals surface area contributed by atoms with Crippen molar-refractivity contribution in [3.63, 3.8) is 0 Å². The number of carbonyl (C=O) groups is 1. The number of ketones is 1. The van der Waals surface area contributed by atoms with Gasteiger partial charge in [-0.1, -0.05) is 34.1 Å². The molecule has 1 aliphatic heterocycles. The van der Waals surface area contributed by atoms with Crippen molar-refractivity contribution in [2.75, 3.05) is 12.4 Å². The molecule has 2 aliphatic rings. The number of Topliss-reactive ketones (excluding diaryl/α,β-unsaturated/α-hetero) is 1. The van der Waals surface area contributed by atoms with E-state index < -0.39 is 0 Å². The van der Waals surface area contributed by atoms with Crippen molar-refractivity contribution in [1.29, 1.82) is 0 Å². The zero-order valence-electron chi connectivity index (χ0n) is 17.0. The van der Waals surface area contributed by atoms with Gasteiger partial charge in [0.2, 0.25) is 5.95 Å². The van der Waals surface area contributed by atoms with Gasteiger partial charge in [-0.05, 0) is 48.2 Å². The number of methoxy groups -OCH3 is 1. The van der Waals surface area contributed by atoms with Gasteiger partial charge in [0.05, 0.1) is 7.11 Å². The normalized spacial score (nSPS) is 17.6. The fourth-order valence-corrected chi connectivity index (χ4v) is 4.38. The SMILES string of the molecule is COc1cc(C2C3=C(CCCC3=O)Nc3ncnn32)ccc1OCc1ccc(Br)cc1. The number of fused-ring (bicyclic) bond motifs is 1. The fourth-order valence-electron chi connectivity index (χ4n) is 4.12. The van der Waals surface area contributed by atoms with Crippen molar-refractivity contribution in [3.8, 4) is 11.5 Å². The zero-order valence-corrected chi connectivity index (χ0v) is 18.6. The first kappa shape index (κ1) is 19.8. The Morgan fingerprint density at radius 2 is 2.00 bits per heavy atom. The number of nitrogens with one attached hydrogen (secondary N) is 1. The highest BCUT2D eigenvalue weighted by molar-refractivity contribution is 9.10. The van der Waals surface area contributed by atoms with Gasteiger partial charge >= 0.3 is 0 Å². The molecule has 1 aliphatic carbocycles. The highest BCUT2D eigenvalue weighted by Gasteiger charge is 2.36. The highest BCUT2D eigenvalue weighted by Crippen LogP contribution is 2.41. The smallest absolute Gasteiger partial charge is 0.226 e. The molecule has 0 saturated carbocycles. The van der Waals surface area contributed by atoms with Crippen molar-refractivity contribution in [3.05, 3.63) is 75.7 Å². The summed E-state index contributed by atoms with van der Waals surface area (Å²) in [5.41, 5.74) is 3.66. The first-order valence-corrected chi connectivity index (χ1v) is 10.9. The van der Waals surface area contributed by atoms with Crippen LogP contribution in [-0.2, 0) is 11.4 Å². The predicted octanol–water partition coefficient (Wildman–Crippen LogP) is 4.65. The summed E-state index contributed by atoms with van der Waals surface area (Å²) in [5, 5.41) is 7.66. The number of ether oxygens (including phenoxy) is 2. The van der Waals surface area contributed by atoms with Crippen LogP contribution in [0.4, 0.5) is 5.95 Å². The third-order valence-electron chi connectivity index (χ3n) is 5.62. The summed E-state index contributed by atoms with van der Waals surface area (Å²) >= 11 is 3.44. The lowest BCUT2D eigenvalue weighted by Crippen LogP contribution is -2.31. The van der Waals surface area contributed by atoms with Crippen LogP contribution in [0.3, 0.4) is 0 Å². The summed E-state index contributed by atoms with van der Waals surface area (Å²) in [6.07, 6.45) is 3.73. The average molecular weight is 481 g/mol. The number of nitrogens with zero attached hydrogens (tertiary/aromatic N) is 3. The minimum atomic E-state index is -0.337. The number of hydrogen-bond donors (Lipinski definition) is 1. The summed E-state index contributed by atoms with van der Waals surface area (Å²) in [7, 11) is 1.62. The van der Waals surface area contributed by atoms with E-state index in [0.29, 0.717) is 30.5 Å². The number of allylic oxidation sites excluding steroid dienone is 2. The maximum Gasteiger partial charge on any atom is 0.226 e. The number of hydrogen-bond acceptors (Lipinski definition) is 6. The van der Waals surface area contributed by atoms with Gasteiger partial charge in [0, 0.05) is 22.2 Å². The molecule has 0 radical (unpaired) electrons. The first-order valence-electron chi connectivity index (χ1n) is 10.1. The first-order chi connectivity index (χ1) is 15.1. The maximum absolute atomic E-state index is 12.8. The van der Waals surface area contributed by atoms with Crippen molar-refractivity contribution in [2.24, 2.45) is 0 Å². The zero-order chi connectivity index (χ0) is 21.4. The van der Waals surface area contributed by atoms with Crippen molar-refractivity contribution in [2.45, 2.75) is 31.9 Å². The van der Waals surface area contributed by atoms with Crippen LogP contribution in [0.2, 0.25) is 0 Å². The van der Waals surface area contributed by atoms with Crippen molar-refractivity contribution >= 4 is 27.7 Å². The second-order valence-corrected chi connectivity index (χ2v) is 8.47. The summed E-state index contributed by atoms with van der Waals surface area (Å²) in [5.74, 6) is 2.05. The molecule has 0 bridgehead atoms. The van der Waals surface area contributed by atoms with E-state index in [0.717, 1.165) is 39.7 Å². The molecule has 31 heavy (non-hydrogen) atoms. The fraction of sp³-hybridized carbons (Fsp3) is 0.261. The summed E-state index contributed by atoms with van der Waals surface area (Å²) in [6, 6.07) is 13.4. The predicted molar refractivity (Wildman–Crippen MR) is 119 cm³/mol. The Kier molecular flexibility index (Phi) is 5.23. The molecule has 1 N–H and O–H groups in total. The van der Waals surface area contributed by atoms with Crippen LogP contribution in [0, 0.1) is 0 Å². The molecule has 1 aromatic heterocycles. The molecule has 0 saturated heterocycles. The minimum Gasteiger partial charge on any atom is -0.493 e. The Hall–Kier alpha value is -3.13. The minimum absolute atomic E-state index is 0.148. The standard InChI is InChI=1S/C23H21BrN4O3/c1-30-20-11-15(7-10-19(20)31-12-14-5-8-16(24)9-6-14)22-21-17(3-2-4-18(21)29)27-23-25-13-26-28(22)23/h5-11,13,22H,2-4,12H2,1H3,(H,25,26,27). The molecule has 0 spiro atoms.